The lowest BCUT2D eigenvalue weighted by molar-refractivity contribution is 0.0679. The lowest BCUT2D eigenvalue weighted by Crippen LogP contribution is -2.47. The second-order valence-corrected chi connectivity index (χ2v) is 11.8. The van der Waals surface area contributed by atoms with E-state index in [-0.39, 0.29) is 24.7 Å². The Bertz CT molecular complexity index is 1090. The van der Waals surface area contributed by atoms with Gasteiger partial charge in [-0.2, -0.15) is 0 Å². The van der Waals surface area contributed by atoms with Gasteiger partial charge in [0.25, 0.3) is 0 Å². The summed E-state index contributed by atoms with van der Waals surface area (Å²) >= 11 is 1.86. The minimum absolute atomic E-state index is 0.0469. The van der Waals surface area contributed by atoms with Gasteiger partial charge in [-0.15, -0.1) is 11.3 Å². The fourth-order valence-corrected chi connectivity index (χ4v) is 6.79. The van der Waals surface area contributed by atoms with Crippen LogP contribution in [0.25, 0.3) is 10.9 Å². The minimum Gasteiger partial charge on any atom is -0.357 e. The van der Waals surface area contributed by atoms with Crippen LogP contribution < -0.4 is 0 Å². The highest BCUT2D eigenvalue weighted by Crippen LogP contribution is 2.43. The summed E-state index contributed by atoms with van der Waals surface area (Å²) in [5, 5.41) is 1.29. The molecule has 0 bridgehead atoms. The molecule has 33 heavy (non-hydrogen) atoms. The van der Waals surface area contributed by atoms with Crippen LogP contribution in [0.5, 0.6) is 0 Å². The number of likely N-dealkylation sites (tertiary alicyclic amines) is 1. The molecule has 3 aromatic rings. The molecule has 1 N–H and O–H groups in total. The number of aryl methyl sites for hydroxylation is 1. The van der Waals surface area contributed by atoms with E-state index in [1.807, 2.05) is 11.3 Å². The summed E-state index contributed by atoms with van der Waals surface area (Å²) in [4.78, 5) is 11.1. The Morgan fingerprint density at radius 3 is 2.70 bits per heavy atom. The summed E-state index contributed by atoms with van der Waals surface area (Å²) in [6, 6.07) is 13.3. The molecule has 0 amide bonds. The van der Waals surface area contributed by atoms with E-state index in [9.17, 15) is 8.78 Å². The fourth-order valence-electron chi connectivity index (χ4n) is 5.60. The normalized spacial score (nSPS) is 22.6. The number of nitrogens with one attached hydrogen (secondary N) is 1. The first-order chi connectivity index (χ1) is 15.8. The van der Waals surface area contributed by atoms with Crippen molar-refractivity contribution in [2.24, 2.45) is 5.92 Å². The van der Waals surface area contributed by atoms with Crippen LogP contribution in [0.2, 0.25) is 0 Å². The number of alkyl halides is 2. The van der Waals surface area contributed by atoms with Gasteiger partial charge in [-0.3, -0.25) is 9.29 Å². The third kappa shape index (κ3) is 4.75. The average molecular weight is 472 g/mol. The van der Waals surface area contributed by atoms with Crippen LogP contribution in [-0.4, -0.2) is 59.3 Å². The topological polar surface area (TPSA) is 22.3 Å². The molecule has 0 aliphatic carbocycles. The Kier molecular flexibility index (Phi) is 6.36. The van der Waals surface area contributed by atoms with Gasteiger partial charge in [0.15, 0.2) is 0 Å². The first-order valence-corrected chi connectivity index (χ1v) is 13.0. The van der Waals surface area contributed by atoms with E-state index < -0.39 is 5.67 Å². The van der Waals surface area contributed by atoms with Crippen LogP contribution in [0.4, 0.5) is 8.78 Å². The van der Waals surface area contributed by atoms with E-state index in [0.717, 1.165) is 38.9 Å². The van der Waals surface area contributed by atoms with Gasteiger partial charge in [-0.25, -0.2) is 4.39 Å². The summed E-state index contributed by atoms with van der Waals surface area (Å²) in [6.45, 7) is 8.67. The molecule has 1 aromatic carbocycles. The average Bonchev–Trinajstić information content (AvgIpc) is 3.34. The minimum atomic E-state index is -1.26. The van der Waals surface area contributed by atoms with Crippen molar-refractivity contribution in [2.45, 2.75) is 57.8 Å². The van der Waals surface area contributed by atoms with E-state index in [2.05, 4.69) is 58.1 Å². The molecule has 0 spiro atoms. The highest BCUT2D eigenvalue weighted by molar-refractivity contribution is 7.12. The Balaban J connectivity index is 1.39. The second kappa shape index (κ2) is 9.12. The third-order valence-electron chi connectivity index (χ3n) is 7.18. The van der Waals surface area contributed by atoms with Crippen LogP contribution in [0.3, 0.4) is 0 Å². The van der Waals surface area contributed by atoms with Gasteiger partial charge in [0.2, 0.25) is 0 Å². The number of fused-ring (bicyclic) bond motifs is 3. The van der Waals surface area contributed by atoms with Crippen LogP contribution in [0.1, 0.15) is 54.2 Å². The Morgan fingerprint density at radius 2 is 1.94 bits per heavy atom. The van der Waals surface area contributed by atoms with E-state index >= 15 is 0 Å². The maximum absolute atomic E-state index is 14.9. The van der Waals surface area contributed by atoms with E-state index in [1.165, 1.54) is 31.9 Å². The Labute approximate surface area is 199 Å². The zero-order valence-electron chi connectivity index (χ0n) is 19.9. The number of hydrogen-bond acceptors (Lipinski definition) is 3. The zero-order chi connectivity index (χ0) is 23.2. The Hall–Kier alpha value is -1.76. The summed E-state index contributed by atoms with van der Waals surface area (Å²) in [7, 11) is 0. The first-order valence-electron chi connectivity index (χ1n) is 12.2. The van der Waals surface area contributed by atoms with Gasteiger partial charge in [-0.1, -0.05) is 18.2 Å². The maximum Gasteiger partial charge on any atom is 0.118 e. The molecule has 4 heterocycles. The first kappa shape index (κ1) is 23.0. The van der Waals surface area contributed by atoms with Crippen molar-refractivity contribution in [1.29, 1.82) is 0 Å². The number of nitrogens with zero attached hydrogens (tertiary/aromatic N) is 2. The molecular weight excluding hydrogens is 436 g/mol. The molecule has 6 heteroatoms. The SMILES string of the molecule is C[C@@H]1Cc2c([nH]c3ccccc23)[C@@H](c2ccc(CCCN3CC(CF)C3)s2)N1CC(C)(C)F. The molecule has 2 aliphatic heterocycles. The van der Waals surface area contributed by atoms with Crippen LogP contribution in [0.15, 0.2) is 36.4 Å². The van der Waals surface area contributed by atoms with Gasteiger partial charge in [0.1, 0.15) is 5.67 Å². The number of aromatic amines is 1. The molecule has 1 saturated heterocycles. The molecule has 0 radical (unpaired) electrons. The number of para-hydroxylation sites is 1. The summed E-state index contributed by atoms with van der Waals surface area (Å²) in [5.41, 5.74) is 2.51. The van der Waals surface area contributed by atoms with Gasteiger partial charge in [-0.05, 0) is 70.3 Å². The summed E-state index contributed by atoms with van der Waals surface area (Å²) in [5.74, 6) is 0.253. The number of halogens is 2. The standard InChI is InChI=1S/C27H35F2N3S/c1-18-13-22-21-8-4-5-9-23(21)30-25(22)26(32(18)17-27(2,3)29)24-11-10-20(33-24)7-6-12-31-15-19(14-28)16-31/h4-5,8-11,18-19,26,30H,6-7,12-17H2,1-3H3/t18-,26-/m1/s1. The zero-order valence-corrected chi connectivity index (χ0v) is 20.7. The van der Waals surface area contributed by atoms with E-state index in [4.69, 9.17) is 0 Å². The number of hydrogen-bond donors (Lipinski definition) is 1. The monoisotopic (exact) mass is 471 g/mol. The largest absolute Gasteiger partial charge is 0.357 e. The van der Waals surface area contributed by atoms with E-state index in [1.54, 1.807) is 13.8 Å². The smallest absolute Gasteiger partial charge is 0.118 e. The quantitative estimate of drug-likeness (QED) is 0.426. The van der Waals surface area contributed by atoms with Crippen molar-refractivity contribution in [1.82, 2.24) is 14.8 Å². The fraction of sp³-hybridized carbons (Fsp3) is 0.556. The number of H-pyrrole nitrogens is 1. The van der Waals surface area contributed by atoms with E-state index in [0.29, 0.717) is 6.54 Å². The highest BCUT2D eigenvalue weighted by atomic mass is 32.1. The molecule has 0 unspecified atom stereocenters. The summed E-state index contributed by atoms with van der Waals surface area (Å²) < 4.78 is 27.5. The van der Waals surface area contributed by atoms with Crippen molar-refractivity contribution in [3.63, 3.8) is 0 Å². The maximum atomic E-state index is 14.9. The van der Waals surface area contributed by atoms with Crippen molar-refractivity contribution in [2.75, 3.05) is 32.9 Å². The lowest BCUT2D eigenvalue weighted by atomic mass is 9.90. The Morgan fingerprint density at radius 1 is 1.15 bits per heavy atom. The number of thiophene rings is 1. The summed E-state index contributed by atoms with van der Waals surface area (Å²) in [6.07, 6.45) is 3.07. The molecular formula is C27H35F2N3S. The number of benzene rings is 1. The highest BCUT2D eigenvalue weighted by Gasteiger charge is 2.39. The second-order valence-electron chi connectivity index (χ2n) is 10.6. The molecule has 2 aliphatic rings. The lowest BCUT2D eigenvalue weighted by Gasteiger charge is -2.42. The van der Waals surface area contributed by atoms with Gasteiger partial charge < -0.3 is 9.88 Å². The van der Waals surface area contributed by atoms with Gasteiger partial charge in [0.05, 0.1) is 12.7 Å². The number of rotatable bonds is 8. The number of aromatic nitrogens is 1. The van der Waals surface area contributed by atoms with Crippen LogP contribution in [-0.2, 0) is 12.8 Å². The molecule has 178 valence electrons. The van der Waals surface area contributed by atoms with Gasteiger partial charge >= 0.3 is 0 Å². The molecule has 1 fully saturated rings. The molecule has 5 rings (SSSR count). The van der Waals surface area contributed by atoms with Crippen molar-refractivity contribution in [3.05, 3.63) is 57.4 Å². The van der Waals surface area contributed by atoms with Crippen LogP contribution >= 0.6 is 11.3 Å². The van der Waals surface area contributed by atoms with Crippen molar-refractivity contribution >= 4 is 22.2 Å². The molecule has 3 nitrogen and oxygen atoms in total. The van der Waals surface area contributed by atoms with Crippen molar-refractivity contribution < 1.29 is 8.78 Å². The van der Waals surface area contributed by atoms with Crippen molar-refractivity contribution in [3.8, 4) is 0 Å². The predicted octanol–water partition coefficient (Wildman–Crippen LogP) is 6.15. The molecule has 2 atom stereocenters. The predicted molar refractivity (Wildman–Crippen MR) is 134 cm³/mol. The third-order valence-corrected chi connectivity index (χ3v) is 8.37. The molecule has 2 aromatic heterocycles. The van der Waals surface area contributed by atoms with Gasteiger partial charge in [0, 0.05) is 57.9 Å². The molecule has 0 saturated carbocycles. The van der Waals surface area contributed by atoms with Crippen LogP contribution in [0, 0.1) is 5.92 Å².